The van der Waals surface area contributed by atoms with Crippen LogP contribution in [-0.2, 0) is 0 Å². The normalized spacial score (nSPS) is 10.3. The molecule has 2 aromatic rings. The molecule has 0 fully saturated rings. The highest BCUT2D eigenvalue weighted by Crippen LogP contribution is 2.21. The Hall–Kier alpha value is -0.810. The molecular weight excluding hydrogens is 255 g/mol. The van der Waals surface area contributed by atoms with Gasteiger partial charge in [-0.2, -0.15) is 4.37 Å². The molecule has 1 aromatic heterocycles. The average molecular weight is 259 g/mol. The van der Waals surface area contributed by atoms with Crippen LogP contribution < -0.4 is 0 Å². The second-order valence-electron chi connectivity index (χ2n) is 2.38. The van der Waals surface area contributed by atoms with Gasteiger partial charge < -0.3 is 0 Å². The summed E-state index contributed by atoms with van der Waals surface area (Å²) in [6, 6.07) is 6.22. The fourth-order valence-electron chi connectivity index (χ4n) is 0.950. The topological polar surface area (TPSA) is 25.8 Å². The molecule has 0 aliphatic heterocycles. The Balaban J connectivity index is 2.46. The standard InChI is InChI=1S/C8H4BrFN2S/c9-8-11-7(12-13-8)5-2-1-3-6(10)4-5/h1-4H. The van der Waals surface area contributed by atoms with Crippen molar-refractivity contribution >= 4 is 27.5 Å². The number of hydrogen-bond acceptors (Lipinski definition) is 3. The van der Waals surface area contributed by atoms with Gasteiger partial charge in [0.1, 0.15) is 5.82 Å². The Morgan fingerprint density at radius 2 is 2.23 bits per heavy atom. The van der Waals surface area contributed by atoms with Crippen molar-refractivity contribution in [2.24, 2.45) is 0 Å². The predicted octanol–water partition coefficient (Wildman–Crippen LogP) is 3.11. The molecule has 0 N–H and O–H groups in total. The summed E-state index contributed by atoms with van der Waals surface area (Å²) in [6.07, 6.45) is 0. The molecule has 0 aliphatic carbocycles. The first-order valence-electron chi connectivity index (χ1n) is 3.51. The lowest BCUT2D eigenvalue weighted by molar-refractivity contribution is 0.628. The van der Waals surface area contributed by atoms with Crippen LogP contribution in [0, 0.1) is 5.82 Å². The lowest BCUT2D eigenvalue weighted by Crippen LogP contribution is -1.81. The molecule has 2 nitrogen and oxygen atoms in total. The lowest BCUT2D eigenvalue weighted by atomic mass is 10.2. The third-order valence-corrected chi connectivity index (χ3v) is 2.60. The summed E-state index contributed by atoms with van der Waals surface area (Å²) in [5.41, 5.74) is 0.696. The SMILES string of the molecule is Fc1cccc(-c2nsc(Br)n2)c1. The highest BCUT2D eigenvalue weighted by molar-refractivity contribution is 9.11. The van der Waals surface area contributed by atoms with Crippen LogP contribution in [0.2, 0.25) is 0 Å². The fraction of sp³-hybridized carbons (Fsp3) is 0. The summed E-state index contributed by atoms with van der Waals surface area (Å²) in [5, 5.41) is 0. The van der Waals surface area contributed by atoms with Gasteiger partial charge in [-0.15, -0.1) is 0 Å². The summed E-state index contributed by atoms with van der Waals surface area (Å²) >= 11 is 4.44. The zero-order valence-corrected chi connectivity index (χ0v) is 8.77. The van der Waals surface area contributed by atoms with Gasteiger partial charge in [-0.25, -0.2) is 9.37 Å². The van der Waals surface area contributed by atoms with E-state index in [-0.39, 0.29) is 5.82 Å². The van der Waals surface area contributed by atoms with Crippen LogP contribution in [0.3, 0.4) is 0 Å². The Morgan fingerprint density at radius 3 is 2.85 bits per heavy atom. The minimum atomic E-state index is -0.275. The molecule has 66 valence electrons. The van der Waals surface area contributed by atoms with Crippen LogP contribution in [0.5, 0.6) is 0 Å². The van der Waals surface area contributed by atoms with E-state index in [2.05, 4.69) is 25.3 Å². The minimum absolute atomic E-state index is 0.275. The zero-order valence-electron chi connectivity index (χ0n) is 6.37. The molecule has 2 rings (SSSR count). The van der Waals surface area contributed by atoms with Crippen LogP contribution in [0.4, 0.5) is 4.39 Å². The van der Waals surface area contributed by atoms with Gasteiger partial charge in [0.2, 0.25) is 0 Å². The number of halogens is 2. The zero-order chi connectivity index (χ0) is 9.26. The van der Waals surface area contributed by atoms with Crippen molar-refractivity contribution < 1.29 is 4.39 Å². The van der Waals surface area contributed by atoms with E-state index in [4.69, 9.17) is 0 Å². The number of hydrogen-bond donors (Lipinski definition) is 0. The van der Waals surface area contributed by atoms with Crippen molar-refractivity contribution in [1.29, 1.82) is 0 Å². The van der Waals surface area contributed by atoms with Crippen molar-refractivity contribution in [2.45, 2.75) is 0 Å². The van der Waals surface area contributed by atoms with Crippen LogP contribution in [0.25, 0.3) is 11.4 Å². The van der Waals surface area contributed by atoms with E-state index >= 15 is 0 Å². The summed E-state index contributed by atoms with van der Waals surface area (Å²) in [5.74, 6) is 0.278. The molecule has 13 heavy (non-hydrogen) atoms. The second kappa shape index (κ2) is 3.51. The Bertz CT molecular complexity index is 430. The molecule has 0 spiro atoms. The summed E-state index contributed by atoms with van der Waals surface area (Å²) < 4.78 is 17.5. The molecule has 0 saturated carbocycles. The quantitative estimate of drug-likeness (QED) is 0.786. The summed E-state index contributed by atoms with van der Waals surface area (Å²) in [6.45, 7) is 0. The average Bonchev–Trinajstić information content (AvgIpc) is 2.52. The van der Waals surface area contributed by atoms with Crippen LogP contribution in [0.1, 0.15) is 0 Å². The predicted molar refractivity (Wildman–Crippen MR) is 53.0 cm³/mol. The van der Waals surface area contributed by atoms with Crippen molar-refractivity contribution in [2.75, 3.05) is 0 Å². The maximum atomic E-state index is 12.8. The molecule has 1 heterocycles. The smallest absolute Gasteiger partial charge is 0.179 e. The monoisotopic (exact) mass is 258 g/mol. The van der Waals surface area contributed by atoms with Crippen molar-refractivity contribution in [1.82, 2.24) is 9.36 Å². The fourth-order valence-corrected chi connectivity index (χ4v) is 1.77. The van der Waals surface area contributed by atoms with E-state index in [0.29, 0.717) is 15.3 Å². The van der Waals surface area contributed by atoms with Gasteiger partial charge in [-0.3, -0.25) is 0 Å². The molecule has 0 atom stereocenters. The Kier molecular flexibility index (Phi) is 2.37. The van der Waals surface area contributed by atoms with Gasteiger partial charge in [0.15, 0.2) is 9.74 Å². The molecule has 0 amide bonds. The third-order valence-electron chi connectivity index (χ3n) is 1.48. The highest BCUT2D eigenvalue weighted by Gasteiger charge is 2.04. The van der Waals surface area contributed by atoms with Gasteiger partial charge in [0.05, 0.1) is 0 Å². The number of benzene rings is 1. The molecule has 0 aliphatic rings. The molecule has 0 unspecified atom stereocenters. The molecule has 0 bridgehead atoms. The van der Waals surface area contributed by atoms with Gasteiger partial charge >= 0.3 is 0 Å². The van der Waals surface area contributed by atoms with Crippen molar-refractivity contribution in [3.8, 4) is 11.4 Å². The lowest BCUT2D eigenvalue weighted by Gasteiger charge is -1.93. The Morgan fingerprint density at radius 1 is 1.38 bits per heavy atom. The van der Waals surface area contributed by atoms with E-state index in [1.54, 1.807) is 12.1 Å². The molecule has 5 heteroatoms. The van der Waals surface area contributed by atoms with Crippen molar-refractivity contribution in [3.63, 3.8) is 0 Å². The van der Waals surface area contributed by atoms with Gasteiger partial charge in [-0.05, 0) is 39.6 Å². The first kappa shape index (κ1) is 8.77. The molecule has 0 saturated heterocycles. The first-order chi connectivity index (χ1) is 6.25. The highest BCUT2D eigenvalue weighted by atomic mass is 79.9. The Labute approximate surface area is 86.7 Å². The van der Waals surface area contributed by atoms with Gasteiger partial charge in [0, 0.05) is 5.56 Å². The summed E-state index contributed by atoms with van der Waals surface area (Å²) in [7, 11) is 0. The maximum Gasteiger partial charge on any atom is 0.179 e. The van der Waals surface area contributed by atoms with Gasteiger partial charge in [-0.1, -0.05) is 12.1 Å². The van der Waals surface area contributed by atoms with Crippen LogP contribution in [-0.4, -0.2) is 9.36 Å². The first-order valence-corrected chi connectivity index (χ1v) is 5.07. The van der Waals surface area contributed by atoms with Gasteiger partial charge in [0.25, 0.3) is 0 Å². The minimum Gasteiger partial charge on any atom is -0.208 e. The number of rotatable bonds is 1. The maximum absolute atomic E-state index is 12.8. The van der Waals surface area contributed by atoms with E-state index in [1.165, 1.54) is 23.7 Å². The van der Waals surface area contributed by atoms with E-state index in [0.717, 1.165) is 0 Å². The van der Waals surface area contributed by atoms with E-state index < -0.39 is 0 Å². The number of aromatic nitrogens is 2. The van der Waals surface area contributed by atoms with Crippen molar-refractivity contribution in [3.05, 3.63) is 34.0 Å². The van der Waals surface area contributed by atoms with Crippen LogP contribution in [0.15, 0.2) is 28.2 Å². The summed E-state index contributed by atoms with van der Waals surface area (Å²) in [4.78, 5) is 4.08. The second-order valence-corrected chi connectivity index (χ2v) is 4.41. The van der Waals surface area contributed by atoms with E-state index in [1.807, 2.05) is 0 Å². The van der Waals surface area contributed by atoms with E-state index in [9.17, 15) is 4.39 Å². The third kappa shape index (κ3) is 1.92. The number of nitrogens with zero attached hydrogens (tertiary/aromatic N) is 2. The largest absolute Gasteiger partial charge is 0.208 e. The van der Waals surface area contributed by atoms with Crippen LogP contribution >= 0.6 is 27.5 Å². The molecular formula is C8H4BrFN2S. The molecule has 1 aromatic carbocycles. The molecule has 0 radical (unpaired) electrons.